The molecule has 1 N–H and O–H groups in total. The zero-order valence-corrected chi connectivity index (χ0v) is 14.1. The number of methoxy groups -OCH3 is 1. The molecule has 0 spiro atoms. The summed E-state index contributed by atoms with van der Waals surface area (Å²) in [7, 11) is 1.58. The van der Waals surface area contributed by atoms with E-state index in [0.717, 1.165) is 16.9 Å². The molecule has 0 radical (unpaired) electrons. The van der Waals surface area contributed by atoms with Gasteiger partial charge in [0.25, 0.3) is 5.91 Å². The van der Waals surface area contributed by atoms with E-state index in [2.05, 4.69) is 5.32 Å². The maximum atomic E-state index is 12.5. The minimum Gasteiger partial charge on any atom is -0.495 e. The molecule has 0 saturated heterocycles. The number of ether oxygens (including phenoxy) is 2. The second-order valence-electron chi connectivity index (χ2n) is 5.47. The van der Waals surface area contributed by atoms with Gasteiger partial charge in [0, 0.05) is 0 Å². The normalized spacial score (nSPS) is 11.7. The monoisotopic (exact) mass is 313 g/mol. The van der Waals surface area contributed by atoms with Crippen molar-refractivity contribution >= 4 is 11.6 Å². The summed E-state index contributed by atoms with van der Waals surface area (Å²) in [4.78, 5) is 12.5. The number of para-hydroxylation sites is 2. The maximum Gasteiger partial charge on any atom is 0.265 e. The first-order valence-corrected chi connectivity index (χ1v) is 7.73. The largest absolute Gasteiger partial charge is 0.495 e. The number of carbonyl (C=O) groups excluding carboxylic acids is 1. The minimum absolute atomic E-state index is 0.182. The van der Waals surface area contributed by atoms with Crippen molar-refractivity contribution < 1.29 is 14.3 Å². The fraction of sp³-hybridized carbons (Fsp3) is 0.316. The summed E-state index contributed by atoms with van der Waals surface area (Å²) in [5.74, 6) is 1.19. The summed E-state index contributed by atoms with van der Waals surface area (Å²) in [5, 5.41) is 2.88. The van der Waals surface area contributed by atoms with Crippen LogP contribution in [0, 0.1) is 13.8 Å². The van der Waals surface area contributed by atoms with Gasteiger partial charge in [-0.2, -0.15) is 0 Å². The molecular weight excluding hydrogens is 290 g/mol. The molecule has 1 amide bonds. The van der Waals surface area contributed by atoms with Crippen molar-refractivity contribution in [2.24, 2.45) is 0 Å². The highest BCUT2D eigenvalue weighted by Gasteiger charge is 2.20. The Hall–Kier alpha value is -2.49. The van der Waals surface area contributed by atoms with Crippen LogP contribution in [0.5, 0.6) is 11.5 Å². The SMILES string of the molecule is CCC(Oc1cc(C)ccc1C)C(=O)Nc1ccccc1OC. The molecule has 1 unspecified atom stereocenters. The molecule has 2 aromatic carbocycles. The van der Waals surface area contributed by atoms with Crippen LogP contribution >= 0.6 is 0 Å². The van der Waals surface area contributed by atoms with Gasteiger partial charge in [-0.3, -0.25) is 4.79 Å². The summed E-state index contributed by atoms with van der Waals surface area (Å²) in [6.07, 6.45) is 0.0226. The minimum atomic E-state index is -0.555. The molecule has 0 heterocycles. The molecule has 0 saturated carbocycles. The molecule has 0 aliphatic carbocycles. The fourth-order valence-electron chi connectivity index (χ4n) is 2.27. The zero-order valence-electron chi connectivity index (χ0n) is 14.1. The van der Waals surface area contributed by atoms with Crippen LogP contribution in [-0.4, -0.2) is 19.1 Å². The number of aryl methyl sites for hydroxylation is 2. The third kappa shape index (κ3) is 4.25. The number of carbonyl (C=O) groups is 1. The average Bonchev–Trinajstić information content (AvgIpc) is 2.56. The molecular formula is C19H23NO3. The van der Waals surface area contributed by atoms with Gasteiger partial charge >= 0.3 is 0 Å². The van der Waals surface area contributed by atoms with Crippen molar-refractivity contribution in [2.45, 2.75) is 33.3 Å². The van der Waals surface area contributed by atoms with Crippen LogP contribution in [0.4, 0.5) is 5.69 Å². The molecule has 2 rings (SSSR count). The smallest absolute Gasteiger partial charge is 0.265 e. The lowest BCUT2D eigenvalue weighted by atomic mass is 10.1. The quantitative estimate of drug-likeness (QED) is 0.873. The van der Waals surface area contributed by atoms with Gasteiger partial charge in [-0.15, -0.1) is 0 Å². The second kappa shape index (κ2) is 7.68. The van der Waals surface area contributed by atoms with Gasteiger partial charge in [0.05, 0.1) is 12.8 Å². The highest BCUT2D eigenvalue weighted by molar-refractivity contribution is 5.95. The van der Waals surface area contributed by atoms with Crippen molar-refractivity contribution in [2.75, 3.05) is 12.4 Å². The molecule has 4 nitrogen and oxygen atoms in total. The molecule has 0 aliphatic rings. The van der Waals surface area contributed by atoms with Crippen molar-refractivity contribution in [1.29, 1.82) is 0 Å². The van der Waals surface area contributed by atoms with Gasteiger partial charge in [-0.25, -0.2) is 0 Å². The molecule has 23 heavy (non-hydrogen) atoms. The van der Waals surface area contributed by atoms with E-state index in [4.69, 9.17) is 9.47 Å². The van der Waals surface area contributed by atoms with Gasteiger partial charge in [0.1, 0.15) is 11.5 Å². The highest BCUT2D eigenvalue weighted by Crippen LogP contribution is 2.25. The molecule has 0 aromatic heterocycles. The lowest BCUT2D eigenvalue weighted by Gasteiger charge is -2.19. The van der Waals surface area contributed by atoms with Crippen LogP contribution in [0.2, 0.25) is 0 Å². The first kappa shape index (κ1) is 16.9. The Morgan fingerprint density at radius 3 is 2.57 bits per heavy atom. The van der Waals surface area contributed by atoms with Gasteiger partial charge in [0.2, 0.25) is 0 Å². The van der Waals surface area contributed by atoms with Gasteiger partial charge in [-0.05, 0) is 49.6 Å². The Morgan fingerprint density at radius 1 is 1.13 bits per heavy atom. The molecule has 122 valence electrons. The summed E-state index contributed by atoms with van der Waals surface area (Å²) < 4.78 is 11.2. The number of rotatable bonds is 6. The Labute approximate surface area is 137 Å². The van der Waals surface area contributed by atoms with E-state index in [1.807, 2.05) is 57.2 Å². The Kier molecular flexibility index (Phi) is 5.63. The average molecular weight is 313 g/mol. The summed E-state index contributed by atoms with van der Waals surface area (Å²) in [5.41, 5.74) is 2.76. The number of hydrogen-bond donors (Lipinski definition) is 1. The zero-order chi connectivity index (χ0) is 16.8. The first-order chi connectivity index (χ1) is 11.0. The fourth-order valence-corrected chi connectivity index (χ4v) is 2.27. The number of hydrogen-bond acceptors (Lipinski definition) is 3. The summed E-state index contributed by atoms with van der Waals surface area (Å²) in [6.45, 7) is 5.90. The first-order valence-electron chi connectivity index (χ1n) is 7.73. The van der Waals surface area contributed by atoms with E-state index in [9.17, 15) is 4.79 Å². The highest BCUT2D eigenvalue weighted by atomic mass is 16.5. The number of nitrogens with one attached hydrogen (secondary N) is 1. The topological polar surface area (TPSA) is 47.6 Å². The molecule has 1 atom stereocenters. The van der Waals surface area contributed by atoms with Gasteiger partial charge in [-0.1, -0.05) is 31.2 Å². The van der Waals surface area contributed by atoms with Crippen molar-refractivity contribution in [3.05, 3.63) is 53.6 Å². The van der Waals surface area contributed by atoms with Crippen LogP contribution in [0.15, 0.2) is 42.5 Å². The summed E-state index contributed by atoms with van der Waals surface area (Å²) in [6, 6.07) is 13.3. The van der Waals surface area contributed by atoms with Crippen molar-refractivity contribution in [3.63, 3.8) is 0 Å². The van der Waals surface area contributed by atoms with E-state index < -0.39 is 6.10 Å². The van der Waals surface area contributed by atoms with E-state index in [0.29, 0.717) is 17.9 Å². The van der Waals surface area contributed by atoms with Crippen LogP contribution in [0.3, 0.4) is 0 Å². The Morgan fingerprint density at radius 2 is 1.87 bits per heavy atom. The second-order valence-corrected chi connectivity index (χ2v) is 5.47. The predicted octanol–water partition coefficient (Wildman–Crippen LogP) is 4.11. The molecule has 2 aromatic rings. The molecule has 0 aliphatic heterocycles. The number of benzene rings is 2. The van der Waals surface area contributed by atoms with Crippen LogP contribution in [-0.2, 0) is 4.79 Å². The lowest BCUT2D eigenvalue weighted by Crippen LogP contribution is -2.32. The van der Waals surface area contributed by atoms with Crippen LogP contribution < -0.4 is 14.8 Å². The van der Waals surface area contributed by atoms with E-state index in [1.165, 1.54) is 0 Å². The number of amides is 1. The standard InChI is InChI=1S/C19H23NO3/c1-5-16(23-18-12-13(2)10-11-14(18)3)19(21)20-15-8-6-7-9-17(15)22-4/h6-12,16H,5H2,1-4H3,(H,20,21). The Balaban J connectivity index is 2.14. The van der Waals surface area contributed by atoms with Crippen LogP contribution in [0.1, 0.15) is 24.5 Å². The van der Waals surface area contributed by atoms with E-state index in [-0.39, 0.29) is 5.91 Å². The van der Waals surface area contributed by atoms with E-state index in [1.54, 1.807) is 13.2 Å². The number of anilines is 1. The van der Waals surface area contributed by atoms with Gasteiger partial charge in [0.15, 0.2) is 6.10 Å². The lowest BCUT2D eigenvalue weighted by molar-refractivity contribution is -0.122. The van der Waals surface area contributed by atoms with Crippen molar-refractivity contribution in [1.82, 2.24) is 0 Å². The third-order valence-corrected chi connectivity index (χ3v) is 3.64. The predicted molar refractivity (Wildman–Crippen MR) is 92.2 cm³/mol. The van der Waals surface area contributed by atoms with Crippen LogP contribution in [0.25, 0.3) is 0 Å². The molecule has 0 fully saturated rings. The van der Waals surface area contributed by atoms with Crippen molar-refractivity contribution in [3.8, 4) is 11.5 Å². The summed E-state index contributed by atoms with van der Waals surface area (Å²) >= 11 is 0. The van der Waals surface area contributed by atoms with E-state index >= 15 is 0 Å². The maximum absolute atomic E-state index is 12.5. The van der Waals surface area contributed by atoms with Gasteiger partial charge < -0.3 is 14.8 Å². The molecule has 0 bridgehead atoms. The third-order valence-electron chi connectivity index (χ3n) is 3.64. The Bertz CT molecular complexity index is 682. The molecule has 4 heteroatoms.